The molecular formula is C13H24N2. The summed E-state index contributed by atoms with van der Waals surface area (Å²) in [7, 11) is 0. The number of likely N-dealkylation sites (tertiary alicyclic amines) is 1. The average Bonchev–Trinajstić information content (AvgIpc) is 2.49. The summed E-state index contributed by atoms with van der Waals surface area (Å²) in [5.74, 6) is 2.69. The summed E-state index contributed by atoms with van der Waals surface area (Å²) in [4.78, 5) is 2.54. The van der Waals surface area contributed by atoms with Gasteiger partial charge in [-0.1, -0.05) is 6.92 Å². The van der Waals surface area contributed by atoms with Gasteiger partial charge >= 0.3 is 0 Å². The lowest BCUT2D eigenvalue weighted by molar-refractivity contribution is 0.297. The Labute approximate surface area is 94.4 Å². The summed E-state index contributed by atoms with van der Waals surface area (Å²) < 4.78 is 0. The molecule has 1 aliphatic heterocycles. The topological polar surface area (TPSA) is 15.3 Å². The molecule has 0 amide bonds. The van der Waals surface area contributed by atoms with Crippen LogP contribution in [0.1, 0.15) is 39.0 Å². The molecule has 0 aromatic carbocycles. The lowest BCUT2D eigenvalue weighted by Crippen LogP contribution is -2.31. The highest BCUT2D eigenvalue weighted by Gasteiger charge is 2.14. The minimum absolute atomic E-state index is 0.722. The van der Waals surface area contributed by atoms with E-state index in [2.05, 4.69) is 23.1 Å². The van der Waals surface area contributed by atoms with Gasteiger partial charge in [0.05, 0.1) is 0 Å². The van der Waals surface area contributed by atoms with Crippen molar-refractivity contribution in [3.8, 4) is 12.3 Å². The lowest BCUT2D eigenvalue weighted by Gasteiger charge is -2.18. The molecule has 1 N–H and O–H groups in total. The Balaban J connectivity index is 2.12. The van der Waals surface area contributed by atoms with Crippen LogP contribution in [0.4, 0.5) is 0 Å². The smallest absolute Gasteiger partial charge is 0.00981 e. The molecule has 0 radical (unpaired) electrons. The molecule has 0 aliphatic carbocycles. The van der Waals surface area contributed by atoms with Crippen molar-refractivity contribution >= 4 is 0 Å². The number of unbranched alkanes of at least 4 members (excludes halogenated alkanes) is 1. The first kappa shape index (κ1) is 12.5. The second-order valence-corrected chi connectivity index (χ2v) is 4.32. The van der Waals surface area contributed by atoms with E-state index in [4.69, 9.17) is 6.42 Å². The Hall–Kier alpha value is -0.520. The monoisotopic (exact) mass is 208 g/mol. The number of nitrogens with one attached hydrogen (secondary N) is 1. The highest BCUT2D eigenvalue weighted by molar-refractivity contribution is 4.83. The predicted molar refractivity (Wildman–Crippen MR) is 65.8 cm³/mol. The number of hydrogen-bond donors (Lipinski definition) is 1. The largest absolute Gasteiger partial charge is 0.314 e. The highest BCUT2D eigenvalue weighted by Crippen LogP contribution is 2.10. The quantitative estimate of drug-likeness (QED) is 0.548. The number of hydrogen-bond acceptors (Lipinski definition) is 2. The van der Waals surface area contributed by atoms with E-state index in [-0.39, 0.29) is 0 Å². The fraction of sp³-hybridized carbons (Fsp3) is 0.846. The van der Waals surface area contributed by atoms with Crippen molar-refractivity contribution in [1.82, 2.24) is 10.2 Å². The van der Waals surface area contributed by atoms with Gasteiger partial charge in [0, 0.05) is 12.5 Å². The number of nitrogens with zero attached hydrogens (tertiary/aromatic N) is 1. The van der Waals surface area contributed by atoms with Crippen molar-refractivity contribution in [3.05, 3.63) is 0 Å². The van der Waals surface area contributed by atoms with Crippen LogP contribution in [0.3, 0.4) is 0 Å². The Morgan fingerprint density at radius 1 is 1.40 bits per heavy atom. The molecule has 15 heavy (non-hydrogen) atoms. The molecule has 0 aromatic rings. The highest BCUT2D eigenvalue weighted by atomic mass is 15.1. The van der Waals surface area contributed by atoms with Crippen molar-refractivity contribution in [2.24, 2.45) is 0 Å². The van der Waals surface area contributed by atoms with Crippen LogP contribution in [0.2, 0.25) is 0 Å². The van der Waals surface area contributed by atoms with Crippen molar-refractivity contribution in [1.29, 1.82) is 0 Å². The molecule has 1 aliphatic rings. The molecule has 0 aromatic heterocycles. The van der Waals surface area contributed by atoms with E-state index in [1.807, 2.05) is 0 Å². The number of rotatable bonds is 5. The summed E-state index contributed by atoms with van der Waals surface area (Å²) >= 11 is 0. The van der Waals surface area contributed by atoms with Crippen molar-refractivity contribution < 1.29 is 0 Å². The molecule has 2 heteroatoms. The van der Waals surface area contributed by atoms with Gasteiger partial charge in [-0.05, 0) is 51.9 Å². The molecule has 86 valence electrons. The first-order chi connectivity index (χ1) is 7.36. The SMILES string of the molecule is C#CCCCNC1CCCN(CC)CC1. The van der Waals surface area contributed by atoms with E-state index in [0.717, 1.165) is 25.4 Å². The summed E-state index contributed by atoms with van der Waals surface area (Å²) in [6.07, 6.45) is 11.2. The molecule has 1 heterocycles. The number of terminal acetylenes is 1. The Morgan fingerprint density at radius 2 is 2.27 bits per heavy atom. The molecule has 1 saturated heterocycles. The van der Waals surface area contributed by atoms with E-state index in [9.17, 15) is 0 Å². The van der Waals surface area contributed by atoms with Gasteiger partial charge in [-0.3, -0.25) is 0 Å². The zero-order valence-corrected chi connectivity index (χ0v) is 9.97. The van der Waals surface area contributed by atoms with E-state index < -0.39 is 0 Å². The third kappa shape index (κ3) is 5.20. The Kier molecular flexibility index (Phi) is 6.47. The summed E-state index contributed by atoms with van der Waals surface area (Å²) in [6.45, 7) is 7.06. The maximum absolute atomic E-state index is 5.22. The van der Waals surface area contributed by atoms with E-state index in [1.54, 1.807) is 0 Å². The van der Waals surface area contributed by atoms with Crippen LogP contribution in [-0.2, 0) is 0 Å². The van der Waals surface area contributed by atoms with E-state index in [0.29, 0.717) is 0 Å². The molecule has 1 atom stereocenters. The summed E-state index contributed by atoms with van der Waals surface area (Å²) in [6, 6.07) is 0.722. The normalized spacial score (nSPS) is 23.3. The third-order valence-corrected chi connectivity index (χ3v) is 3.20. The second kappa shape index (κ2) is 7.73. The van der Waals surface area contributed by atoms with Gasteiger partial charge in [-0.25, -0.2) is 0 Å². The van der Waals surface area contributed by atoms with Crippen LogP contribution in [0, 0.1) is 12.3 Å². The predicted octanol–water partition coefficient (Wildman–Crippen LogP) is 1.86. The molecular weight excluding hydrogens is 184 g/mol. The summed E-state index contributed by atoms with van der Waals surface area (Å²) in [5.41, 5.74) is 0. The van der Waals surface area contributed by atoms with Crippen molar-refractivity contribution in [2.45, 2.75) is 45.1 Å². The molecule has 0 saturated carbocycles. The minimum atomic E-state index is 0.722. The molecule has 1 rings (SSSR count). The maximum atomic E-state index is 5.22. The summed E-state index contributed by atoms with van der Waals surface area (Å²) in [5, 5.41) is 3.62. The standard InChI is InChI=1S/C13H24N2/c1-3-5-6-10-14-13-8-7-11-15(4-2)12-9-13/h1,13-14H,4-12H2,2H3. The maximum Gasteiger partial charge on any atom is 0.00981 e. The third-order valence-electron chi connectivity index (χ3n) is 3.20. The van der Waals surface area contributed by atoms with Gasteiger partial charge in [-0.2, -0.15) is 0 Å². The Morgan fingerprint density at radius 3 is 3.00 bits per heavy atom. The average molecular weight is 208 g/mol. The zero-order valence-electron chi connectivity index (χ0n) is 9.97. The Bertz CT molecular complexity index is 195. The van der Waals surface area contributed by atoms with E-state index in [1.165, 1.54) is 38.9 Å². The molecule has 0 bridgehead atoms. The van der Waals surface area contributed by atoms with Crippen molar-refractivity contribution in [2.75, 3.05) is 26.2 Å². The van der Waals surface area contributed by atoms with Crippen LogP contribution >= 0.6 is 0 Å². The fourth-order valence-corrected chi connectivity index (χ4v) is 2.17. The minimum Gasteiger partial charge on any atom is -0.314 e. The van der Waals surface area contributed by atoms with E-state index >= 15 is 0 Å². The van der Waals surface area contributed by atoms with Gasteiger partial charge in [-0.15, -0.1) is 12.3 Å². The van der Waals surface area contributed by atoms with Gasteiger partial charge in [0.2, 0.25) is 0 Å². The molecule has 1 unspecified atom stereocenters. The van der Waals surface area contributed by atoms with Crippen LogP contribution in [-0.4, -0.2) is 37.1 Å². The first-order valence-electron chi connectivity index (χ1n) is 6.26. The van der Waals surface area contributed by atoms with Gasteiger partial charge in [0.1, 0.15) is 0 Å². The fourth-order valence-electron chi connectivity index (χ4n) is 2.17. The van der Waals surface area contributed by atoms with Crippen molar-refractivity contribution in [3.63, 3.8) is 0 Å². The second-order valence-electron chi connectivity index (χ2n) is 4.32. The van der Waals surface area contributed by atoms with Crippen LogP contribution in [0.5, 0.6) is 0 Å². The zero-order chi connectivity index (χ0) is 10.9. The van der Waals surface area contributed by atoms with Crippen LogP contribution in [0.25, 0.3) is 0 Å². The van der Waals surface area contributed by atoms with Crippen LogP contribution < -0.4 is 5.32 Å². The first-order valence-corrected chi connectivity index (χ1v) is 6.26. The van der Waals surface area contributed by atoms with Gasteiger partial charge < -0.3 is 10.2 Å². The molecule has 2 nitrogen and oxygen atoms in total. The lowest BCUT2D eigenvalue weighted by atomic mass is 10.1. The molecule has 1 fully saturated rings. The van der Waals surface area contributed by atoms with Gasteiger partial charge in [0.25, 0.3) is 0 Å². The van der Waals surface area contributed by atoms with Crippen LogP contribution in [0.15, 0.2) is 0 Å². The van der Waals surface area contributed by atoms with Gasteiger partial charge in [0.15, 0.2) is 0 Å². The molecule has 0 spiro atoms.